The van der Waals surface area contributed by atoms with Crippen LogP contribution in [0.15, 0.2) is 95.0 Å². The van der Waals surface area contributed by atoms with Gasteiger partial charge in [-0.1, -0.05) is 36.4 Å². The highest BCUT2D eigenvalue weighted by atomic mass is 35.7. The lowest BCUT2D eigenvalue weighted by atomic mass is 10.3. The van der Waals surface area contributed by atoms with E-state index in [0.717, 1.165) is 9.67 Å². The van der Waals surface area contributed by atoms with Crippen LogP contribution in [0.3, 0.4) is 0 Å². The zero-order valence-electron chi connectivity index (χ0n) is 22.9. The molecular weight excluding hydrogens is 592 g/mol. The summed E-state index contributed by atoms with van der Waals surface area (Å²) in [5.74, 6) is -0.779. The molecule has 0 amide bonds. The third-order valence-electron chi connectivity index (χ3n) is 5.37. The molecule has 10 nitrogen and oxygen atoms in total. The largest absolute Gasteiger partial charge is 0.462 e. The molecule has 2 aromatic heterocycles. The molecule has 0 radical (unpaired) electrons. The van der Waals surface area contributed by atoms with Gasteiger partial charge in [-0.05, 0) is 64.1 Å². The van der Waals surface area contributed by atoms with Gasteiger partial charge in [0.2, 0.25) is 0 Å². The van der Waals surface area contributed by atoms with E-state index < -0.39 is 25.0 Å². The minimum atomic E-state index is -3.69. The first kappa shape index (κ1) is 33.3. The Hall–Kier alpha value is -3.87. The number of nitrogens with zero attached hydrogens (tertiary/aromatic N) is 1. The molecule has 2 heterocycles. The molecular formula is C28H31ClN2O8S2. The maximum atomic E-state index is 12.5. The first-order valence-electron chi connectivity index (χ1n) is 12.3. The Kier molecular flexibility index (Phi) is 12.4. The Balaban J connectivity index is 0.000000236. The van der Waals surface area contributed by atoms with Gasteiger partial charge in [0.25, 0.3) is 19.1 Å². The van der Waals surface area contributed by atoms with Crippen LogP contribution < -0.4 is 0 Å². The van der Waals surface area contributed by atoms with E-state index in [1.54, 1.807) is 69.4 Å². The van der Waals surface area contributed by atoms with Crippen LogP contribution in [0.1, 0.15) is 46.0 Å². The Morgan fingerprint density at radius 1 is 0.756 bits per heavy atom. The number of hydrogen-bond acceptors (Lipinski definition) is 8. The van der Waals surface area contributed by atoms with Crippen LogP contribution in [0.25, 0.3) is 0 Å². The first-order chi connectivity index (χ1) is 19.3. The molecule has 0 fully saturated rings. The summed E-state index contributed by atoms with van der Waals surface area (Å²) in [6.45, 7) is 7.57. The number of hydrogen-bond donors (Lipinski definition) is 1. The van der Waals surface area contributed by atoms with Gasteiger partial charge < -0.3 is 14.5 Å². The molecule has 4 aromatic rings. The number of aryl methyl sites for hydroxylation is 1. The highest BCUT2D eigenvalue weighted by molar-refractivity contribution is 8.13. The Morgan fingerprint density at radius 2 is 1.24 bits per heavy atom. The van der Waals surface area contributed by atoms with Crippen molar-refractivity contribution in [2.45, 2.75) is 37.5 Å². The number of H-pyrrole nitrogens is 1. The number of carbonyl (C=O) groups is 2. The summed E-state index contributed by atoms with van der Waals surface area (Å²) in [6.07, 6.45) is 3.09. The molecule has 220 valence electrons. The standard InChI is InChI=1S/C14H15NO4S.C8H11NO2.C6H5ClO2S/c1-3-19-14(16)13-9-10-15(11(13)2)20(17,18)12-7-5-4-6-8-12;1-3-11-8(10)7-4-5-9-6(7)2;7-10(8,9)6-4-2-1-3-5-6/h4-10H,3H2,1-2H3;4-5,9H,3H2,1-2H3;1-5H. The van der Waals surface area contributed by atoms with Crippen molar-refractivity contribution in [1.82, 2.24) is 8.96 Å². The normalized spacial score (nSPS) is 10.9. The van der Waals surface area contributed by atoms with Crippen molar-refractivity contribution in [2.75, 3.05) is 13.2 Å². The summed E-state index contributed by atoms with van der Waals surface area (Å²) in [5, 5.41) is 0. The van der Waals surface area contributed by atoms with E-state index in [9.17, 15) is 26.4 Å². The van der Waals surface area contributed by atoms with Crippen LogP contribution >= 0.6 is 10.7 Å². The highest BCUT2D eigenvalue weighted by Gasteiger charge is 2.22. The van der Waals surface area contributed by atoms with Gasteiger partial charge in [-0.15, -0.1) is 0 Å². The lowest BCUT2D eigenvalue weighted by Gasteiger charge is -2.08. The van der Waals surface area contributed by atoms with Crippen LogP contribution in [0.2, 0.25) is 0 Å². The van der Waals surface area contributed by atoms with E-state index in [0.29, 0.717) is 17.9 Å². The maximum Gasteiger partial charge on any atom is 0.339 e. The van der Waals surface area contributed by atoms with Crippen molar-refractivity contribution < 1.29 is 35.9 Å². The fraction of sp³-hybridized carbons (Fsp3) is 0.214. The molecule has 0 spiro atoms. The topological polar surface area (TPSA) is 142 Å². The first-order valence-corrected chi connectivity index (χ1v) is 16.1. The second-order valence-corrected chi connectivity index (χ2v) is 12.5. The molecule has 13 heteroatoms. The predicted octanol–water partition coefficient (Wildman–Crippen LogP) is 5.32. The molecule has 4 rings (SSSR count). The number of rotatable bonds is 7. The van der Waals surface area contributed by atoms with E-state index in [2.05, 4.69) is 4.98 Å². The summed E-state index contributed by atoms with van der Waals surface area (Å²) in [7, 11) is -2.19. The molecule has 0 unspecified atom stereocenters. The molecule has 0 bridgehead atoms. The number of aromatic amines is 1. The molecule has 2 aromatic carbocycles. The van der Waals surface area contributed by atoms with Crippen LogP contribution in [0, 0.1) is 13.8 Å². The molecule has 0 atom stereocenters. The van der Waals surface area contributed by atoms with Crippen molar-refractivity contribution in [3.8, 4) is 0 Å². The van der Waals surface area contributed by atoms with Crippen LogP contribution in [-0.4, -0.2) is 50.9 Å². The van der Waals surface area contributed by atoms with Crippen molar-refractivity contribution in [3.05, 3.63) is 108 Å². The van der Waals surface area contributed by atoms with Crippen molar-refractivity contribution >= 4 is 41.7 Å². The lowest BCUT2D eigenvalue weighted by Crippen LogP contribution is -2.15. The predicted molar refractivity (Wildman–Crippen MR) is 155 cm³/mol. The van der Waals surface area contributed by atoms with Gasteiger partial charge in [0, 0.05) is 34.5 Å². The van der Waals surface area contributed by atoms with E-state index in [1.807, 2.05) is 6.92 Å². The van der Waals surface area contributed by atoms with Crippen LogP contribution in [0.4, 0.5) is 0 Å². The van der Waals surface area contributed by atoms with E-state index in [-0.39, 0.29) is 27.9 Å². The van der Waals surface area contributed by atoms with Gasteiger partial charge in [-0.25, -0.2) is 30.4 Å². The summed E-state index contributed by atoms with van der Waals surface area (Å²) in [5.41, 5.74) is 2.06. The average molecular weight is 623 g/mol. The maximum absolute atomic E-state index is 12.5. The van der Waals surface area contributed by atoms with Gasteiger partial charge in [-0.3, -0.25) is 0 Å². The van der Waals surface area contributed by atoms with E-state index in [1.165, 1.54) is 36.5 Å². The quantitative estimate of drug-likeness (QED) is 0.215. The number of halogens is 1. The molecule has 0 aliphatic rings. The van der Waals surface area contributed by atoms with Crippen molar-refractivity contribution in [1.29, 1.82) is 0 Å². The minimum Gasteiger partial charge on any atom is -0.462 e. The van der Waals surface area contributed by atoms with Gasteiger partial charge >= 0.3 is 11.9 Å². The van der Waals surface area contributed by atoms with Gasteiger partial charge in [0.15, 0.2) is 0 Å². The van der Waals surface area contributed by atoms with Crippen molar-refractivity contribution in [2.24, 2.45) is 0 Å². The molecule has 0 aliphatic carbocycles. The molecule has 1 N–H and O–H groups in total. The monoisotopic (exact) mass is 622 g/mol. The number of nitrogens with one attached hydrogen (secondary N) is 1. The fourth-order valence-corrected chi connectivity index (χ4v) is 5.55. The Labute approximate surface area is 244 Å². The molecule has 0 aliphatic heterocycles. The lowest BCUT2D eigenvalue weighted by molar-refractivity contribution is 0.0516. The SMILES string of the molecule is CCOC(=O)c1cc[nH]c1C.CCOC(=O)c1ccn(S(=O)(=O)c2ccccc2)c1C.O=S(=O)(Cl)c1ccccc1. The van der Waals surface area contributed by atoms with E-state index in [4.69, 9.17) is 20.2 Å². The Bertz CT molecular complexity index is 1650. The average Bonchev–Trinajstić information content (AvgIpc) is 3.56. The van der Waals surface area contributed by atoms with E-state index >= 15 is 0 Å². The number of benzene rings is 2. The molecule has 41 heavy (non-hydrogen) atoms. The van der Waals surface area contributed by atoms with Gasteiger partial charge in [-0.2, -0.15) is 0 Å². The third-order valence-corrected chi connectivity index (χ3v) is 8.52. The second kappa shape index (κ2) is 15.2. The zero-order chi connectivity index (χ0) is 30.6. The van der Waals surface area contributed by atoms with Crippen LogP contribution in [0.5, 0.6) is 0 Å². The molecule has 0 saturated carbocycles. The summed E-state index contributed by atoms with van der Waals surface area (Å²) < 4.78 is 56.9. The minimum absolute atomic E-state index is 0.136. The number of ether oxygens (including phenoxy) is 2. The summed E-state index contributed by atoms with van der Waals surface area (Å²) in [4.78, 5) is 26.0. The second-order valence-electron chi connectivity index (χ2n) is 8.14. The number of carbonyl (C=O) groups excluding carboxylic acids is 2. The van der Waals surface area contributed by atoms with Gasteiger partial charge in [0.1, 0.15) is 0 Å². The summed E-state index contributed by atoms with van der Waals surface area (Å²) >= 11 is 0. The number of esters is 2. The smallest absolute Gasteiger partial charge is 0.339 e. The summed E-state index contributed by atoms with van der Waals surface area (Å²) in [6, 6.07) is 19.1. The fourth-order valence-electron chi connectivity index (χ4n) is 3.35. The van der Waals surface area contributed by atoms with Crippen molar-refractivity contribution in [3.63, 3.8) is 0 Å². The number of aromatic nitrogens is 2. The third kappa shape index (κ3) is 9.34. The van der Waals surface area contributed by atoms with Crippen LogP contribution in [-0.2, 0) is 28.5 Å². The Morgan fingerprint density at radius 3 is 1.66 bits per heavy atom. The molecule has 0 saturated heterocycles. The highest BCUT2D eigenvalue weighted by Crippen LogP contribution is 2.19. The zero-order valence-corrected chi connectivity index (χ0v) is 25.3. The van der Waals surface area contributed by atoms with Gasteiger partial charge in [0.05, 0.1) is 34.1 Å².